The highest BCUT2D eigenvalue weighted by Gasteiger charge is 2.47. The first-order valence-electron chi connectivity index (χ1n) is 5.79. The molecule has 2 heteroatoms. The van der Waals surface area contributed by atoms with Gasteiger partial charge in [0.05, 0.1) is 7.11 Å². The summed E-state index contributed by atoms with van der Waals surface area (Å²) < 4.78 is 12.9. The fraction of sp³-hybridized carbons (Fsp3) is 0.538. The van der Waals surface area contributed by atoms with E-state index in [1.807, 2.05) is 12.1 Å². The highest BCUT2D eigenvalue weighted by molar-refractivity contribution is 6.23. The molecule has 15 heavy (non-hydrogen) atoms. The van der Waals surface area contributed by atoms with E-state index < -0.39 is 5.35 Å². The van der Waals surface area contributed by atoms with Crippen molar-refractivity contribution in [2.75, 3.05) is 7.11 Å². The number of hydrogen-bond donors (Lipinski definition) is 0. The molecular formula is C13H17ClO. The minimum absolute atomic E-state index is 0.00547. The largest absolute Gasteiger partial charge is 0.497 e. The van der Waals surface area contributed by atoms with Crippen LogP contribution in [0.25, 0.3) is 0 Å². The van der Waals surface area contributed by atoms with Crippen LogP contribution in [0.2, 0.25) is 0 Å². The van der Waals surface area contributed by atoms with Crippen LogP contribution in [0.4, 0.5) is 0 Å². The molecule has 0 aromatic heterocycles. The molecule has 0 unspecified atom stereocenters. The van der Waals surface area contributed by atoms with Crippen LogP contribution < -0.4 is 4.74 Å². The van der Waals surface area contributed by atoms with Gasteiger partial charge in [-0.2, -0.15) is 0 Å². The van der Waals surface area contributed by atoms with Gasteiger partial charge in [-0.05, 0) is 42.4 Å². The van der Waals surface area contributed by atoms with Crippen LogP contribution in [0.1, 0.15) is 26.7 Å². The van der Waals surface area contributed by atoms with Crippen molar-refractivity contribution in [1.29, 1.82) is 0 Å². The molecule has 0 radical (unpaired) electrons. The molecule has 1 aromatic rings. The standard InChI is InChI=1S/C13H17ClO/c1-13(9-12(13)14)8-7-10-3-5-11(15-2)6-4-10/h3-6,12H,7-9H2,1-2H3/t12-,13-/m0/s1/i12D. The zero-order chi connectivity index (χ0) is 11.8. The minimum Gasteiger partial charge on any atom is -0.497 e. The third-order valence-corrected chi connectivity index (χ3v) is 3.79. The second kappa shape index (κ2) is 4.05. The Morgan fingerprint density at radius 3 is 2.60 bits per heavy atom. The van der Waals surface area contributed by atoms with Gasteiger partial charge in [0.1, 0.15) is 5.75 Å². The van der Waals surface area contributed by atoms with Gasteiger partial charge in [0.2, 0.25) is 0 Å². The van der Waals surface area contributed by atoms with Crippen molar-refractivity contribution in [3.8, 4) is 5.75 Å². The summed E-state index contributed by atoms with van der Waals surface area (Å²) in [6, 6.07) is 8.09. The lowest BCUT2D eigenvalue weighted by atomic mass is 9.99. The highest BCUT2D eigenvalue weighted by Crippen LogP contribution is 2.53. The summed E-state index contributed by atoms with van der Waals surface area (Å²) in [5.74, 6) is 0.883. The van der Waals surface area contributed by atoms with E-state index in [0.717, 1.165) is 25.0 Å². The maximum atomic E-state index is 7.78. The Labute approximate surface area is 97.8 Å². The predicted molar refractivity (Wildman–Crippen MR) is 63.7 cm³/mol. The number of alkyl halides is 1. The highest BCUT2D eigenvalue weighted by atomic mass is 35.5. The van der Waals surface area contributed by atoms with Gasteiger partial charge in [0.15, 0.2) is 0 Å². The van der Waals surface area contributed by atoms with Crippen molar-refractivity contribution in [3.05, 3.63) is 29.8 Å². The van der Waals surface area contributed by atoms with E-state index in [9.17, 15) is 0 Å². The van der Waals surface area contributed by atoms with Gasteiger partial charge in [0, 0.05) is 6.72 Å². The summed E-state index contributed by atoms with van der Waals surface area (Å²) in [7, 11) is 1.67. The third-order valence-electron chi connectivity index (χ3n) is 3.20. The van der Waals surface area contributed by atoms with Gasteiger partial charge in [-0.25, -0.2) is 0 Å². The first kappa shape index (κ1) is 9.53. The van der Waals surface area contributed by atoms with Gasteiger partial charge in [-0.3, -0.25) is 0 Å². The molecule has 1 saturated carbocycles. The molecule has 0 heterocycles. The number of methoxy groups -OCH3 is 1. The van der Waals surface area contributed by atoms with Crippen LogP contribution in [0.5, 0.6) is 5.75 Å². The van der Waals surface area contributed by atoms with Crippen molar-refractivity contribution < 1.29 is 6.11 Å². The van der Waals surface area contributed by atoms with Crippen LogP contribution in [-0.4, -0.2) is 12.5 Å². The molecule has 0 spiro atoms. The van der Waals surface area contributed by atoms with Crippen LogP contribution >= 0.6 is 11.6 Å². The lowest BCUT2D eigenvalue weighted by molar-refractivity contribution is 0.414. The van der Waals surface area contributed by atoms with Crippen molar-refractivity contribution in [2.45, 2.75) is 31.5 Å². The van der Waals surface area contributed by atoms with Gasteiger partial charge in [-0.1, -0.05) is 19.1 Å². The van der Waals surface area contributed by atoms with Gasteiger partial charge >= 0.3 is 0 Å². The van der Waals surface area contributed by atoms with E-state index in [1.165, 1.54) is 5.56 Å². The second-order valence-electron chi connectivity index (χ2n) is 4.49. The van der Waals surface area contributed by atoms with Crippen molar-refractivity contribution >= 4 is 11.6 Å². The third kappa shape index (κ3) is 2.46. The molecule has 0 bridgehead atoms. The summed E-state index contributed by atoms with van der Waals surface area (Å²) >= 11 is 6.01. The Hall–Kier alpha value is -0.690. The van der Waals surface area contributed by atoms with Crippen LogP contribution in [0.3, 0.4) is 0 Å². The molecule has 0 N–H and O–H groups in total. The quantitative estimate of drug-likeness (QED) is 0.711. The number of halogens is 1. The average molecular weight is 226 g/mol. The lowest BCUT2D eigenvalue weighted by Gasteiger charge is -2.08. The summed E-state index contributed by atoms with van der Waals surface area (Å²) in [6.07, 6.45) is 2.76. The minimum atomic E-state index is -0.723. The molecule has 2 rings (SSSR count). The Morgan fingerprint density at radius 1 is 1.53 bits per heavy atom. The van der Waals surface area contributed by atoms with Gasteiger partial charge in [0.25, 0.3) is 0 Å². The Morgan fingerprint density at radius 2 is 2.13 bits per heavy atom. The van der Waals surface area contributed by atoms with Gasteiger partial charge in [-0.15, -0.1) is 11.6 Å². The summed E-state index contributed by atoms with van der Waals surface area (Å²) in [4.78, 5) is 0. The van der Waals surface area contributed by atoms with Gasteiger partial charge < -0.3 is 4.74 Å². The Balaban J connectivity index is 1.91. The SMILES string of the molecule is [2H][C@]1(Cl)C[C@]1(C)CCc1ccc(OC)cc1. The fourth-order valence-electron chi connectivity index (χ4n) is 1.73. The van der Waals surface area contributed by atoms with E-state index in [1.54, 1.807) is 7.11 Å². The van der Waals surface area contributed by atoms with Crippen LogP contribution in [0.15, 0.2) is 24.3 Å². The first-order chi connectivity index (χ1) is 7.47. The van der Waals surface area contributed by atoms with Crippen molar-refractivity contribution in [1.82, 2.24) is 0 Å². The smallest absolute Gasteiger partial charge is 0.118 e. The maximum absolute atomic E-state index is 7.78. The molecule has 0 saturated heterocycles. The van der Waals surface area contributed by atoms with E-state index in [2.05, 4.69) is 19.1 Å². The number of hydrogen-bond acceptors (Lipinski definition) is 1. The summed E-state index contributed by atoms with van der Waals surface area (Å²) in [5, 5.41) is -0.723. The van der Waals surface area contributed by atoms with Crippen LogP contribution in [-0.2, 0) is 6.42 Å². The molecule has 1 aliphatic carbocycles. The molecule has 1 nitrogen and oxygen atoms in total. The summed E-state index contributed by atoms with van der Waals surface area (Å²) in [6.45, 7) is 2.09. The zero-order valence-corrected chi connectivity index (χ0v) is 9.97. The van der Waals surface area contributed by atoms with E-state index >= 15 is 0 Å². The topological polar surface area (TPSA) is 9.23 Å². The number of rotatable bonds is 4. The van der Waals surface area contributed by atoms with Crippen molar-refractivity contribution in [2.24, 2.45) is 5.41 Å². The molecular weight excluding hydrogens is 208 g/mol. The second-order valence-corrected chi connectivity index (χ2v) is 4.95. The number of ether oxygens (including phenoxy) is 1. The maximum Gasteiger partial charge on any atom is 0.118 e. The average Bonchev–Trinajstić information content (AvgIpc) is 2.76. The van der Waals surface area contributed by atoms with E-state index in [-0.39, 0.29) is 5.41 Å². The fourth-order valence-corrected chi connectivity index (χ4v) is 2.12. The molecule has 0 aliphatic heterocycles. The number of aryl methyl sites for hydroxylation is 1. The Kier molecular flexibility index (Phi) is 2.57. The lowest BCUT2D eigenvalue weighted by Crippen LogP contribution is -2.00. The molecule has 2 atom stereocenters. The molecule has 82 valence electrons. The monoisotopic (exact) mass is 225 g/mol. The predicted octanol–water partition coefficient (Wildman–Crippen LogP) is 3.65. The molecule has 1 aliphatic rings. The van der Waals surface area contributed by atoms with E-state index in [0.29, 0.717) is 0 Å². The zero-order valence-electron chi connectivity index (χ0n) is 10.2. The number of benzene rings is 1. The van der Waals surface area contributed by atoms with E-state index in [4.69, 9.17) is 17.7 Å². The molecule has 0 amide bonds. The summed E-state index contributed by atoms with van der Waals surface area (Å²) in [5.41, 5.74) is 1.27. The van der Waals surface area contributed by atoms with Crippen LogP contribution in [0, 0.1) is 5.41 Å². The van der Waals surface area contributed by atoms with Crippen molar-refractivity contribution in [3.63, 3.8) is 0 Å². The Bertz CT molecular complexity index is 374. The molecule has 1 fully saturated rings. The first-order valence-corrected chi connectivity index (χ1v) is 5.66. The molecule has 1 aromatic carbocycles. The normalized spacial score (nSPS) is 34.7.